The Hall–Kier alpha value is 0.0300. The predicted octanol–water partition coefficient (Wildman–Crippen LogP) is -0.773. The van der Waals surface area contributed by atoms with Gasteiger partial charge in [-0.05, 0) is 12.8 Å². The standard InChI is InChI=1S/C6H13O6P/c7-3-4-1-2-5(6(4)8)12-13(9,10)11/h4-8H,1-3H2,(H2,9,10,11)/t4-,5+,6-/m1/s1. The van der Waals surface area contributed by atoms with E-state index in [0.29, 0.717) is 12.8 Å². The topological polar surface area (TPSA) is 107 Å². The Morgan fingerprint density at radius 3 is 2.38 bits per heavy atom. The van der Waals surface area contributed by atoms with Crippen LogP contribution in [-0.2, 0) is 9.09 Å². The molecule has 1 rings (SSSR count). The molecule has 0 aliphatic heterocycles. The lowest BCUT2D eigenvalue weighted by Gasteiger charge is -2.18. The zero-order chi connectivity index (χ0) is 10.1. The molecule has 78 valence electrons. The molecule has 0 bridgehead atoms. The normalized spacial score (nSPS) is 35.2. The number of phosphoric acid groups is 1. The maximum Gasteiger partial charge on any atom is 0.469 e. The number of hydrogen-bond donors (Lipinski definition) is 4. The van der Waals surface area contributed by atoms with Gasteiger partial charge in [0.25, 0.3) is 0 Å². The van der Waals surface area contributed by atoms with Gasteiger partial charge < -0.3 is 20.0 Å². The van der Waals surface area contributed by atoms with Crippen molar-refractivity contribution in [2.24, 2.45) is 5.92 Å². The van der Waals surface area contributed by atoms with Gasteiger partial charge in [0.05, 0.1) is 12.2 Å². The second kappa shape index (κ2) is 4.04. The SMILES string of the molecule is O=P(O)(O)O[C@H]1CC[C@H](CO)[C@H]1O. The highest BCUT2D eigenvalue weighted by Crippen LogP contribution is 2.42. The number of rotatable bonds is 3. The first-order chi connectivity index (χ1) is 5.94. The van der Waals surface area contributed by atoms with Gasteiger partial charge in [-0.15, -0.1) is 0 Å². The van der Waals surface area contributed by atoms with E-state index >= 15 is 0 Å². The van der Waals surface area contributed by atoms with Crippen LogP contribution >= 0.6 is 7.82 Å². The van der Waals surface area contributed by atoms with Crippen molar-refractivity contribution in [3.05, 3.63) is 0 Å². The highest BCUT2D eigenvalue weighted by Gasteiger charge is 2.38. The molecule has 7 heteroatoms. The largest absolute Gasteiger partial charge is 0.469 e. The fourth-order valence-electron chi connectivity index (χ4n) is 1.51. The van der Waals surface area contributed by atoms with Gasteiger partial charge in [0.1, 0.15) is 0 Å². The van der Waals surface area contributed by atoms with Crippen LogP contribution in [0.2, 0.25) is 0 Å². The molecule has 1 aliphatic carbocycles. The molecule has 0 radical (unpaired) electrons. The van der Waals surface area contributed by atoms with E-state index < -0.39 is 20.0 Å². The third-order valence-corrected chi connectivity index (χ3v) is 2.74. The van der Waals surface area contributed by atoms with Crippen molar-refractivity contribution < 1.29 is 29.1 Å². The summed E-state index contributed by atoms with van der Waals surface area (Å²) in [7, 11) is -4.53. The van der Waals surface area contributed by atoms with Gasteiger partial charge in [-0.25, -0.2) is 4.57 Å². The summed E-state index contributed by atoms with van der Waals surface area (Å²) >= 11 is 0. The van der Waals surface area contributed by atoms with Crippen LogP contribution in [0.3, 0.4) is 0 Å². The van der Waals surface area contributed by atoms with Crippen molar-refractivity contribution in [3.8, 4) is 0 Å². The fraction of sp³-hybridized carbons (Fsp3) is 1.00. The van der Waals surface area contributed by atoms with Crippen molar-refractivity contribution in [3.63, 3.8) is 0 Å². The van der Waals surface area contributed by atoms with Gasteiger partial charge >= 0.3 is 7.82 Å². The second-order valence-corrected chi connectivity index (χ2v) is 4.34. The Bertz CT molecular complexity index is 213. The Labute approximate surface area is 75.4 Å². The van der Waals surface area contributed by atoms with Crippen molar-refractivity contribution in [1.29, 1.82) is 0 Å². The molecular formula is C6H13O6P. The first kappa shape index (κ1) is 11.1. The third-order valence-electron chi connectivity index (χ3n) is 2.19. The van der Waals surface area contributed by atoms with Crippen LogP contribution in [0.5, 0.6) is 0 Å². The first-order valence-electron chi connectivity index (χ1n) is 3.97. The van der Waals surface area contributed by atoms with E-state index in [0.717, 1.165) is 0 Å². The van der Waals surface area contributed by atoms with E-state index in [9.17, 15) is 9.67 Å². The van der Waals surface area contributed by atoms with Crippen LogP contribution in [0.25, 0.3) is 0 Å². The fourth-order valence-corrected chi connectivity index (χ4v) is 2.10. The molecule has 0 unspecified atom stereocenters. The van der Waals surface area contributed by atoms with Crippen LogP contribution < -0.4 is 0 Å². The zero-order valence-electron chi connectivity index (χ0n) is 6.91. The van der Waals surface area contributed by atoms with Crippen LogP contribution in [0.15, 0.2) is 0 Å². The van der Waals surface area contributed by atoms with E-state index in [1.807, 2.05) is 0 Å². The molecule has 0 aromatic rings. The molecule has 3 atom stereocenters. The lowest BCUT2D eigenvalue weighted by Crippen LogP contribution is -2.28. The Kier molecular flexibility index (Phi) is 3.45. The highest BCUT2D eigenvalue weighted by atomic mass is 31.2. The molecule has 1 saturated carbocycles. The van der Waals surface area contributed by atoms with Gasteiger partial charge in [-0.2, -0.15) is 0 Å². The smallest absolute Gasteiger partial charge is 0.396 e. The predicted molar refractivity (Wildman–Crippen MR) is 42.7 cm³/mol. The maximum absolute atomic E-state index is 10.4. The maximum atomic E-state index is 10.4. The van der Waals surface area contributed by atoms with Crippen LogP contribution in [-0.4, -0.2) is 38.8 Å². The van der Waals surface area contributed by atoms with Gasteiger partial charge in [-0.3, -0.25) is 4.52 Å². The van der Waals surface area contributed by atoms with Crippen LogP contribution in [0, 0.1) is 5.92 Å². The summed E-state index contributed by atoms with van der Waals surface area (Å²) in [4.78, 5) is 16.9. The highest BCUT2D eigenvalue weighted by molar-refractivity contribution is 7.46. The summed E-state index contributed by atoms with van der Waals surface area (Å²) in [6, 6.07) is 0. The molecule has 0 aromatic heterocycles. The summed E-state index contributed by atoms with van der Waals surface area (Å²) in [6.07, 6.45) is -0.976. The molecule has 0 saturated heterocycles. The first-order valence-corrected chi connectivity index (χ1v) is 5.50. The minimum absolute atomic E-state index is 0.192. The Morgan fingerprint density at radius 2 is 2.00 bits per heavy atom. The molecule has 1 aliphatic rings. The van der Waals surface area contributed by atoms with E-state index in [1.165, 1.54) is 0 Å². The molecule has 0 amide bonds. The zero-order valence-corrected chi connectivity index (χ0v) is 7.80. The van der Waals surface area contributed by atoms with E-state index in [-0.39, 0.29) is 12.5 Å². The van der Waals surface area contributed by atoms with Crippen LogP contribution in [0.4, 0.5) is 0 Å². The van der Waals surface area contributed by atoms with Crippen molar-refractivity contribution >= 4 is 7.82 Å². The molecule has 0 spiro atoms. The van der Waals surface area contributed by atoms with Crippen molar-refractivity contribution in [2.45, 2.75) is 25.0 Å². The van der Waals surface area contributed by atoms with E-state index in [1.54, 1.807) is 0 Å². The van der Waals surface area contributed by atoms with Crippen molar-refractivity contribution in [2.75, 3.05) is 6.61 Å². The minimum atomic E-state index is -4.53. The summed E-state index contributed by atoms with van der Waals surface area (Å²) in [5.74, 6) is -0.337. The average molecular weight is 212 g/mol. The molecule has 1 fully saturated rings. The Balaban J connectivity index is 2.50. The van der Waals surface area contributed by atoms with Gasteiger partial charge in [0.15, 0.2) is 0 Å². The summed E-state index contributed by atoms with van der Waals surface area (Å²) in [5, 5.41) is 18.1. The van der Waals surface area contributed by atoms with Gasteiger partial charge in [0.2, 0.25) is 0 Å². The minimum Gasteiger partial charge on any atom is -0.396 e. The Morgan fingerprint density at radius 1 is 1.38 bits per heavy atom. The molecular weight excluding hydrogens is 199 g/mol. The molecule has 4 N–H and O–H groups in total. The second-order valence-electron chi connectivity index (χ2n) is 3.15. The monoisotopic (exact) mass is 212 g/mol. The number of aliphatic hydroxyl groups excluding tert-OH is 2. The van der Waals surface area contributed by atoms with E-state index in [4.69, 9.17) is 14.9 Å². The molecule has 6 nitrogen and oxygen atoms in total. The number of phosphoric ester groups is 1. The van der Waals surface area contributed by atoms with Gasteiger partial charge in [0, 0.05) is 12.5 Å². The lowest BCUT2D eigenvalue weighted by molar-refractivity contribution is 0.00560. The summed E-state index contributed by atoms with van der Waals surface area (Å²) < 4.78 is 14.8. The van der Waals surface area contributed by atoms with Gasteiger partial charge in [-0.1, -0.05) is 0 Å². The molecule has 0 aromatic carbocycles. The van der Waals surface area contributed by atoms with Crippen LogP contribution in [0.1, 0.15) is 12.8 Å². The number of aliphatic hydroxyl groups is 2. The van der Waals surface area contributed by atoms with E-state index in [2.05, 4.69) is 4.52 Å². The molecule has 0 heterocycles. The average Bonchev–Trinajstić information content (AvgIpc) is 2.30. The quantitative estimate of drug-likeness (QED) is 0.457. The number of hydrogen-bond acceptors (Lipinski definition) is 4. The lowest BCUT2D eigenvalue weighted by atomic mass is 10.1. The summed E-state index contributed by atoms with van der Waals surface area (Å²) in [5.41, 5.74) is 0. The third kappa shape index (κ3) is 3.02. The molecule has 13 heavy (non-hydrogen) atoms. The van der Waals surface area contributed by atoms with Crippen molar-refractivity contribution in [1.82, 2.24) is 0 Å². The summed E-state index contributed by atoms with van der Waals surface area (Å²) in [6.45, 7) is -0.192.